The third-order valence-corrected chi connectivity index (χ3v) is 3.72. The number of carbonyl (C=O) groups excluding carboxylic acids is 1. The fraction of sp³-hybridized carbons (Fsp3) is 0.857. The second-order valence-electron chi connectivity index (χ2n) is 3.69. The molecule has 82 valence electrons. The predicted octanol–water partition coefficient (Wildman–Crippen LogP) is -1.35. The average molecular weight is 221 g/mol. The predicted molar refractivity (Wildman–Crippen MR) is 51.4 cm³/mol. The van der Waals surface area contributed by atoms with E-state index < -0.39 is 16.1 Å². The summed E-state index contributed by atoms with van der Waals surface area (Å²) in [6.45, 7) is 3.86. The van der Waals surface area contributed by atoms with Gasteiger partial charge < -0.3 is 5.73 Å². The molecule has 0 aromatic heterocycles. The monoisotopic (exact) mass is 221 g/mol. The summed E-state index contributed by atoms with van der Waals surface area (Å²) < 4.78 is 26.5. The van der Waals surface area contributed by atoms with E-state index in [1.165, 1.54) is 4.31 Å². The highest BCUT2D eigenvalue weighted by Gasteiger charge is 2.38. The van der Waals surface area contributed by atoms with E-state index >= 15 is 0 Å². The van der Waals surface area contributed by atoms with E-state index in [9.17, 15) is 13.2 Å². The van der Waals surface area contributed by atoms with Crippen molar-refractivity contribution in [1.82, 2.24) is 9.03 Å². The van der Waals surface area contributed by atoms with Crippen molar-refractivity contribution in [3.63, 3.8) is 0 Å². The van der Waals surface area contributed by atoms with Gasteiger partial charge >= 0.3 is 0 Å². The number of amides is 1. The molecule has 1 amide bonds. The van der Waals surface area contributed by atoms with Gasteiger partial charge in [0.25, 0.3) is 10.2 Å². The molecule has 0 aromatic carbocycles. The SMILES string of the molecule is CC(C)NS(=O)(=O)N1CC(C(N)=O)C1. The third kappa shape index (κ3) is 2.43. The van der Waals surface area contributed by atoms with E-state index in [1.807, 2.05) is 0 Å². The zero-order valence-electron chi connectivity index (χ0n) is 8.23. The van der Waals surface area contributed by atoms with Crippen molar-refractivity contribution < 1.29 is 13.2 Å². The van der Waals surface area contributed by atoms with Crippen LogP contribution in [0.5, 0.6) is 0 Å². The van der Waals surface area contributed by atoms with Crippen LogP contribution in [0.1, 0.15) is 13.8 Å². The first kappa shape index (κ1) is 11.4. The van der Waals surface area contributed by atoms with Crippen molar-refractivity contribution in [2.75, 3.05) is 13.1 Å². The van der Waals surface area contributed by atoms with Gasteiger partial charge in [-0.15, -0.1) is 0 Å². The second-order valence-corrected chi connectivity index (χ2v) is 5.40. The van der Waals surface area contributed by atoms with Crippen molar-refractivity contribution in [3.8, 4) is 0 Å². The number of primary amides is 1. The van der Waals surface area contributed by atoms with Crippen LogP contribution in [0.15, 0.2) is 0 Å². The molecule has 0 bridgehead atoms. The number of rotatable bonds is 4. The lowest BCUT2D eigenvalue weighted by atomic mass is 10.0. The quantitative estimate of drug-likeness (QED) is 0.614. The number of hydrogen-bond acceptors (Lipinski definition) is 3. The number of nitrogens with two attached hydrogens (primary N) is 1. The summed E-state index contributed by atoms with van der Waals surface area (Å²) in [6.07, 6.45) is 0. The summed E-state index contributed by atoms with van der Waals surface area (Å²) >= 11 is 0. The van der Waals surface area contributed by atoms with E-state index in [2.05, 4.69) is 4.72 Å². The Hall–Kier alpha value is -0.660. The Labute approximate surface area is 83.6 Å². The van der Waals surface area contributed by atoms with Crippen LogP contribution in [0.4, 0.5) is 0 Å². The van der Waals surface area contributed by atoms with Crippen LogP contribution in [0.2, 0.25) is 0 Å². The van der Waals surface area contributed by atoms with Crippen molar-refractivity contribution in [2.24, 2.45) is 11.7 Å². The van der Waals surface area contributed by atoms with Crippen molar-refractivity contribution in [3.05, 3.63) is 0 Å². The lowest BCUT2D eigenvalue weighted by molar-refractivity contribution is -0.124. The highest BCUT2D eigenvalue weighted by Crippen LogP contribution is 2.18. The molecule has 1 heterocycles. The molecule has 7 heteroatoms. The molecule has 6 nitrogen and oxygen atoms in total. The maximum Gasteiger partial charge on any atom is 0.279 e. The minimum atomic E-state index is -3.41. The molecule has 0 spiro atoms. The Morgan fingerprint density at radius 3 is 2.36 bits per heavy atom. The topological polar surface area (TPSA) is 92.5 Å². The molecule has 1 fully saturated rings. The molecule has 0 aromatic rings. The van der Waals surface area contributed by atoms with Crippen LogP contribution < -0.4 is 10.5 Å². The Morgan fingerprint density at radius 1 is 1.50 bits per heavy atom. The zero-order chi connectivity index (χ0) is 10.9. The van der Waals surface area contributed by atoms with Gasteiger partial charge in [0.2, 0.25) is 5.91 Å². The van der Waals surface area contributed by atoms with Gasteiger partial charge in [0.1, 0.15) is 0 Å². The van der Waals surface area contributed by atoms with Gasteiger partial charge in [-0.2, -0.15) is 17.4 Å². The van der Waals surface area contributed by atoms with Crippen molar-refractivity contribution in [2.45, 2.75) is 19.9 Å². The van der Waals surface area contributed by atoms with E-state index in [0.29, 0.717) is 0 Å². The average Bonchev–Trinajstić information content (AvgIpc) is 1.75. The molecule has 0 saturated carbocycles. The number of nitrogens with zero attached hydrogens (tertiary/aromatic N) is 1. The third-order valence-electron chi connectivity index (χ3n) is 1.97. The van der Waals surface area contributed by atoms with Crippen LogP contribution in [0.3, 0.4) is 0 Å². The maximum absolute atomic E-state index is 11.5. The maximum atomic E-state index is 11.5. The van der Waals surface area contributed by atoms with Gasteiger partial charge in [-0.1, -0.05) is 0 Å². The molecular weight excluding hydrogens is 206 g/mol. The largest absolute Gasteiger partial charge is 0.369 e. The van der Waals surface area contributed by atoms with Crippen LogP contribution >= 0.6 is 0 Å². The highest BCUT2D eigenvalue weighted by atomic mass is 32.2. The fourth-order valence-corrected chi connectivity index (χ4v) is 2.68. The number of hydrogen-bond donors (Lipinski definition) is 2. The van der Waals surface area contributed by atoms with Gasteiger partial charge in [0.05, 0.1) is 5.92 Å². The van der Waals surface area contributed by atoms with Gasteiger partial charge in [-0.25, -0.2) is 0 Å². The van der Waals surface area contributed by atoms with Gasteiger partial charge in [-0.3, -0.25) is 4.79 Å². The number of nitrogens with one attached hydrogen (secondary N) is 1. The standard InChI is InChI=1S/C7H15N3O3S/c1-5(2)9-14(12,13)10-3-6(4-10)7(8)11/h5-6,9H,3-4H2,1-2H3,(H2,8,11). The van der Waals surface area contributed by atoms with E-state index in [1.54, 1.807) is 13.8 Å². The van der Waals surface area contributed by atoms with Gasteiger partial charge in [-0.05, 0) is 13.8 Å². The molecule has 1 rings (SSSR count). The molecule has 0 aliphatic carbocycles. The Balaban J connectivity index is 2.50. The molecular formula is C7H15N3O3S. The molecule has 1 aliphatic rings. The lowest BCUT2D eigenvalue weighted by Gasteiger charge is -2.36. The van der Waals surface area contributed by atoms with Crippen LogP contribution in [0, 0.1) is 5.92 Å². The van der Waals surface area contributed by atoms with Gasteiger partial charge in [0.15, 0.2) is 0 Å². The first-order valence-electron chi connectivity index (χ1n) is 4.39. The van der Waals surface area contributed by atoms with Crippen molar-refractivity contribution >= 4 is 16.1 Å². The molecule has 0 radical (unpaired) electrons. The van der Waals surface area contributed by atoms with Crippen LogP contribution in [-0.2, 0) is 15.0 Å². The van der Waals surface area contributed by atoms with E-state index in [-0.39, 0.29) is 25.0 Å². The smallest absolute Gasteiger partial charge is 0.279 e. The molecule has 14 heavy (non-hydrogen) atoms. The summed E-state index contributed by atoms with van der Waals surface area (Å²) in [4.78, 5) is 10.7. The van der Waals surface area contributed by atoms with Crippen LogP contribution in [0.25, 0.3) is 0 Å². The first-order chi connectivity index (χ1) is 6.33. The Bertz CT molecular complexity index is 319. The minimum Gasteiger partial charge on any atom is -0.369 e. The minimum absolute atomic E-state index is 0.146. The van der Waals surface area contributed by atoms with E-state index in [4.69, 9.17) is 5.73 Å². The molecule has 1 saturated heterocycles. The van der Waals surface area contributed by atoms with Crippen molar-refractivity contribution in [1.29, 1.82) is 0 Å². The zero-order valence-corrected chi connectivity index (χ0v) is 9.04. The second kappa shape index (κ2) is 3.84. The summed E-state index contributed by atoms with van der Waals surface area (Å²) in [5.41, 5.74) is 5.02. The highest BCUT2D eigenvalue weighted by molar-refractivity contribution is 7.87. The molecule has 0 atom stereocenters. The number of carbonyl (C=O) groups is 1. The normalized spacial score (nSPS) is 19.6. The summed E-state index contributed by atoms with van der Waals surface area (Å²) in [6, 6.07) is -0.146. The lowest BCUT2D eigenvalue weighted by Crippen LogP contribution is -2.58. The molecule has 3 N–H and O–H groups in total. The summed E-state index contributed by atoms with van der Waals surface area (Å²) in [7, 11) is -3.41. The Kier molecular flexibility index (Phi) is 3.13. The Morgan fingerprint density at radius 2 is 2.00 bits per heavy atom. The molecule has 0 unspecified atom stereocenters. The summed E-state index contributed by atoms with van der Waals surface area (Å²) in [5, 5.41) is 0. The van der Waals surface area contributed by atoms with Crippen LogP contribution in [-0.4, -0.2) is 37.8 Å². The summed E-state index contributed by atoms with van der Waals surface area (Å²) in [5.74, 6) is -0.778. The first-order valence-corrected chi connectivity index (χ1v) is 5.83. The molecule has 1 aliphatic heterocycles. The van der Waals surface area contributed by atoms with Gasteiger partial charge in [0, 0.05) is 19.1 Å². The van der Waals surface area contributed by atoms with E-state index in [0.717, 1.165) is 0 Å². The fourth-order valence-electron chi connectivity index (χ4n) is 1.19.